The summed E-state index contributed by atoms with van der Waals surface area (Å²) in [5.74, 6) is 0.0183. The Bertz CT molecular complexity index is 636. The Hall–Kier alpha value is -2.14. The summed E-state index contributed by atoms with van der Waals surface area (Å²) < 4.78 is 10.4. The van der Waals surface area contributed by atoms with Gasteiger partial charge in [-0.15, -0.1) is 0 Å². The SMILES string of the molecule is COc1cc(NCc2cc(C)c(C(=O)O)o2)ccc1Cl. The van der Waals surface area contributed by atoms with E-state index in [1.165, 1.54) is 0 Å². The van der Waals surface area contributed by atoms with Crippen LogP contribution in [0.15, 0.2) is 28.7 Å². The smallest absolute Gasteiger partial charge is 0.372 e. The summed E-state index contributed by atoms with van der Waals surface area (Å²) in [5.41, 5.74) is 1.40. The molecule has 0 amide bonds. The fourth-order valence-electron chi connectivity index (χ4n) is 1.81. The minimum absolute atomic E-state index is 0.0320. The van der Waals surface area contributed by atoms with E-state index in [1.807, 2.05) is 0 Å². The van der Waals surface area contributed by atoms with E-state index in [9.17, 15) is 4.79 Å². The topological polar surface area (TPSA) is 71.7 Å². The second-order valence-electron chi connectivity index (χ2n) is 4.23. The van der Waals surface area contributed by atoms with E-state index in [0.29, 0.717) is 28.6 Å². The van der Waals surface area contributed by atoms with Crippen molar-refractivity contribution in [3.8, 4) is 5.75 Å². The molecule has 0 radical (unpaired) electrons. The third kappa shape index (κ3) is 3.05. The van der Waals surface area contributed by atoms with E-state index in [0.717, 1.165) is 5.69 Å². The Morgan fingerprint density at radius 1 is 1.45 bits per heavy atom. The van der Waals surface area contributed by atoms with Gasteiger partial charge in [0.25, 0.3) is 0 Å². The Morgan fingerprint density at radius 3 is 2.80 bits per heavy atom. The minimum atomic E-state index is -1.07. The third-order valence-corrected chi connectivity index (χ3v) is 3.09. The molecule has 6 heteroatoms. The number of furan rings is 1. The first-order valence-electron chi connectivity index (χ1n) is 5.91. The molecule has 1 aromatic heterocycles. The van der Waals surface area contributed by atoms with Crippen LogP contribution in [0.2, 0.25) is 5.02 Å². The second kappa shape index (κ2) is 5.88. The number of carbonyl (C=O) groups is 1. The summed E-state index contributed by atoms with van der Waals surface area (Å²) in [6, 6.07) is 6.98. The van der Waals surface area contributed by atoms with Crippen molar-refractivity contribution in [1.82, 2.24) is 0 Å². The van der Waals surface area contributed by atoms with Crippen molar-refractivity contribution in [2.24, 2.45) is 0 Å². The van der Waals surface area contributed by atoms with Gasteiger partial charge in [0.15, 0.2) is 0 Å². The van der Waals surface area contributed by atoms with Gasteiger partial charge >= 0.3 is 5.97 Å². The predicted molar refractivity (Wildman–Crippen MR) is 75.7 cm³/mol. The normalized spacial score (nSPS) is 10.3. The lowest BCUT2D eigenvalue weighted by Gasteiger charge is -2.08. The highest BCUT2D eigenvalue weighted by molar-refractivity contribution is 6.32. The number of aromatic carboxylic acids is 1. The molecule has 0 atom stereocenters. The van der Waals surface area contributed by atoms with Gasteiger partial charge in [-0.3, -0.25) is 0 Å². The average molecular weight is 296 g/mol. The van der Waals surface area contributed by atoms with Gasteiger partial charge in [0.2, 0.25) is 5.76 Å². The zero-order valence-corrected chi connectivity index (χ0v) is 11.8. The maximum atomic E-state index is 10.9. The van der Waals surface area contributed by atoms with Crippen LogP contribution in [0.1, 0.15) is 21.9 Å². The van der Waals surface area contributed by atoms with Crippen LogP contribution in [0.3, 0.4) is 0 Å². The summed E-state index contributed by atoms with van der Waals surface area (Å²) in [6.07, 6.45) is 0. The van der Waals surface area contributed by atoms with Gasteiger partial charge in [-0.1, -0.05) is 11.6 Å². The van der Waals surface area contributed by atoms with E-state index < -0.39 is 5.97 Å². The van der Waals surface area contributed by atoms with Crippen molar-refractivity contribution >= 4 is 23.3 Å². The van der Waals surface area contributed by atoms with Gasteiger partial charge in [-0.05, 0) is 25.1 Å². The summed E-state index contributed by atoms with van der Waals surface area (Å²) in [7, 11) is 1.54. The molecular formula is C14H14ClNO4. The van der Waals surface area contributed by atoms with Crippen LogP contribution in [0.25, 0.3) is 0 Å². The van der Waals surface area contributed by atoms with Crippen LogP contribution < -0.4 is 10.1 Å². The first-order chi connectivity index (χ1) is 9.51. The van der Waals surface area contributed by atoms with Crippen molar-refractivity contribution in [3.63, 3.8) is 0 Å². The standard InChI is InChI=1S/C14H14ClNO4/c1-8-5-10(20-13(8)14(17)18)7-16-9-3-4-11(15)12(6-9)19-2/h3-6,16H,7H2,1-2H3,(H,17,18). The number of carboxylic acid groups (broad SMARTS) is 1. The lowest BCUT2D eigenvalue weighted by molar-refractivity contribution is 0.0659. The molecule has 0 aliphatic heterocycles. The number of aryl methyl sites for hydroxylation is 1. The molecule has 1 aromatic carbocycles. The molecule has 0 aliphatic rings. The molecule has 5 nitrogen and oxygen atoms in total. The van der Waals surface area contributed by atoms with Crippen molar-refractivity contribution < 1.29 is 19.1 Å². The molecule has 2 N–H and O–H groups in total. The van der Waals surface area contributed by atoms with Crippen molar-refractivity contribution in [2.75, 3.05) is 12.4 Å². The Labute approximate surface area is 121 Å². The quantitative estimate of drug-likeness (QED) is 0.882. The third-order valence-electron chi connectivity index (χ3n) is 2.78. The highest BCUT2D eigenvalue weighted by atomic mass is 35.5. The van der Waals surface area contributed by atoms with E-state index in [-0.39, 0.29) is 5.76 Å². The van der Waals surface area contributed by atoms with Crippen LogP contribution in [-0.2, 0) is 6.54 Å². The number of benzene rings is 1. The first kappa shape index (κ1) is 14.3. The molecule has 0 saturated heterocycles. The highest BCUT2D eigenvalue weighted by Crippen LogP contribution is 2.27. The van der Waals surface area contributed by atoms with E-state index in [1.54, 1.807) is 38.3 Å². The zero-order valence-electron chi connectivity index (χ0n) is 11.1. The molecule has 2 rings (SSSR count). The minimum Gasteiger partial charge on any atom is -0.495 e. The first-order valence-corrected chi connectivity index (χ1v) is 6.29. The second-order valence-corrected chi connectivity index (χ2v) is 4.64. The van der Waals surface area contributed by atoms with Crippen LogP contribution in [0.4, 0.5) is 5.69 Å². The number of nitrogens with one attached hydrogen (secondary N) is 1. The molecule has 0 aliphatic carbocycles. The van der Waals surface area contributed by atoms with Gasteiger partial charge in [-0.2, -0.15) is 0 Å². The predicted octanol–water partition coefficient (Wildman–Crippen LogP) is 3.56. The molecule has 0 spiro atoms. The molecule has 0 unspecified atom stereocenters. The Morgan fingerprint density at radius 2 is 2.20 bits per heavy atom. The number of halogens is 1. The van der Waals surface area contributed by atoms with Crippen molar-refractivity contribution in [1.29, 1.82) is 0 Å². The molecule has 0 saturated carbocycles. The highest BCUT2D eigenvalue weighted by Gasteiger charge is 2.14. The largest absolute Gasteiger partial charge is 0.495 e. The number of ether oxygens (including phenoxy) is 1. The zero-order chi connectivity index (χ0) is 14.7. The average Bonchev–Trinajstić information content (AvgIpc) is 2.79. The number of hydrogen-bond donors (Lipinski definition) is 2. The summed E-state index contributed by atoms with van der Waals surface area (Å²) >= 11 is 5.94. The number of methoxy groups -OCH3 is 1. The summed E-state index contributed by atoms with van der Waals surface area (Å²) in [6.45, 7) is 2.07. The van der Waals surface area contributed by atoms with Gasteiger partial charge in [0.05, 0.1) is 18.7 Å². The van der Waals surface area contributed by atoms with E-state index >= 15 is 0 Å². The maximum absolute atomic E-state index is 10.9. The molecule has 0 bridgehead atoms. The van der Waals surface area contributed by atoms with E-state index in [2.05, 4.69) is 5.32 Å². The van der Waals surface area contributed by atoms with Gasteiger partial charge in [0, 0.05) is 17.3 Å². The van der Waals surface area contributed by atoms with Gasteiger partial charge in [-0.25, -0.2) is 4.79 Å². The monoisotopic (exact) mass is 295 g/mol. The molecule has 20 heavy (non-hydrogen) atoms. The van der Waals surface area contributed by atoms with Crippen molar-refractivity contribution in [3.05, 3.63) is 46.4 Å². The van der Waals surface area contributed by atoms with Crippen LogP contribution in [0.5, 0.6) is 5.75 Å². The van der Waals surface area contributed by atoms with Gasteiger partial charge in [0.1, 0.15) is 11.5 Å². The number of anilines is 1. The number of rotatable bonds is 5. The lowest BCUT2D eigenvalue weighted by Crippen LogP contribution is -1.99. The summed E-state index contributed by atoms with van der Waals surface area (Å²) in [5, 5.41) is 12.6. The molecule has 106 valence electrons. The lowest BCUT2D eigenvalue weighted by atomic mass is 10.2. The van der Waals surface area contributed by atoms with Gasteiger partial charge < -0.3 is 19.6 Å². The van der Waals surface area contributed by atoms with Crippen LogP contribution >= 0.6 is 11.6 Å². The summed E-state index contributed by atoms with van der Waals surface area (Å²) in [4.78, 5) is 10.9. The fourth-order valence-corrected chi connectivity index (χ4v) is 2.00. The van der Waals surface area contributed by atoms with Crippen LogP contribution in [0, 0.1) is 6.92 Å². The molecule has 1 heterocycles. The Balaban J connectivity index is 2.09. The van der Waals surface area contributed by atoms with E-state index in [4.69, 9.17) is 25.9 Å². The fraction of sp³-hybridized carbons (Fsp3) is 0.214. The number of hydrogen-bond acceptors (Lipinski definition) is 4. The van der Waals surface area contributed by atoms with Crippen LogP contribution in [-0.4, -0.2) is 18.2 Å². The molecule has 2 aromatic rings. The van der Waals surface area contributed by atoms with Crippen molar-refractivity contribution in [2.45, 2.75) is 13.5 Å². The molecular weight excluding hydrogens is 282 g/mol. The Kier molecular flexibility index (Phi) is 4.20. The maximum Gasteiger partial charge on any atom is 0.372 e. The number of carboxylic acids is 1. The molecule has 0 fully saturated rings.